The first-order valence-electron chi connectivity index (χ1n) is 5.95. The Labute approximate surface area is 119 Å². The topological polar surface area (TPSA) is 72.6 Å². The van der Waals surface area contributed by atoms with Crippen molar-refractivity contribution in [2.24, 2.45) is 5.73 Å². The number of benzene rings is 1. The van der Waals surface area contributed by atoms with Crippen molar-refractivity contribution in [2.45, 2.75) is 13.0 Å². The van der Waals surface area contributed by atoms with Crippen molar-refractivity contribution in [2.75, 3.05) is 19.8 Å². The second-order valence-corrected chi connectivity index (χ2v) is 5.33. The molecule has 0 aliphatic carbocycles. The Morgan fingerprint density at radius 2 is 2.21 bits per heavy atom. The predicted molar refractivity (Wildman–Crippen MR) is 73.7 cm³/mol. The normalized spacial score (nSPS) is 19.3. The van der Waals surface area contributed by atoms with Gasteiger partial charge in [-0.25, -0.2) is 0 Å². The van der Waals surface area contributed by atoms with Crippen LogP contribution in [-0.2, 0) is 9.53 Å². The minimum Gasteiger partial charge on any atom is -0.377 e. The molecule has 19 heavy (non-hydrogen) atoms. The second kappa shape index (κ2) is 5.71. The molecule has 1 saturated heterocycles. The first kappa shape index (κ1) is 14.0. The predicted octanol–water partition coefficient (Wildman–Crippen LogP) is 1.08. The van der Waals surface area contributed by atoms with E-state index in [4.69, 9.17) is 10.5 Å². The van der Waals surface area contributed by atoms with Crippen molar-refractivity contribution in [1.29, 1.82) is 0 Å². The van der Waals surface area contributed by atoms with E-state index < -0.39 is 11.9 Å². The third kappa shape index (κ3) is 2.96. The standard InChI is InChI=1S/C13H15BrN2O3/c1-8-2-3-9(10(14)6-8)13(18)16-4-5-19-7-11(16)12(15)17/h2-3,6,11H,4-5,7H2,1H3,(H2,15,17). The molecule has 2 N–H and O–H groups in total. The van der Waals surface area contributed by atoms with Crippen LogP contribution in [0.15, 0.2) is 22.7 Å². The fourth-order valence-corrected chi connectivity index (χ4v) is 2.69. The highest BCUT2D eigenvalue weighted by Gasteiger charge is 2.32. The minimum absolute atomic E-state index is 0.157. The maximum atomic E-state index is 12.5. The van der Waals surface area contributed by atoms with Crippen LogP contribution in [0.25, 0.3) is 0 Å². The van der Waals surface area contributed by atoms with Crippen LogP contribution >= 0.6 is 15.9 Å². The quantitative estimate of drug-likeness (QED) is 0.884. The number of carbonyl (C=O) groups is 2. The Balaban J connectivity index is 2.28. The molecular formula is C13H15BrN2O3. The van der Waals surface area contributed by atoms with Gasteiger partial charge in [0.15, 0.2) is 0 Å². The van der Waals surface area contributed by atoms with Gasteiger partial charge in [0.1, 0.15) is 6.04 Å². The lowest BCUT2D eigenvalue weighted by molar-refractivity contribution is -0.127. The third-order valence-corrected chi connectivity index (χ3v) is 3.73. The Kier molecular flexibility index (Phi) is 4.21. The van der Waals surface area contributed by atoms with E-state index in [9.17, 15) is 9.59 Å². The molecule has 0 bridgehead atoms. The lowest BCUT2D eigenvalue weighted by Gasteiger charge is -2.33. The summed E-state index contributed by atoms with van der Waals surface area (Å²) in [6, 6.07) is 4.77. The van der Waals surface area contributed by atoms with Gasteiger partial charge in [0.2, 0.25) is 5.91 Å². The highest BCUT2D eigenvalue weighted by Crippen LogP contribution is 2.21. The number of aryl methyl sites for hydroxylation is 1. The lowest BCUT2D eigenvalue weighted by Crippen LogP contribution is -2.54. The van der Waals surface area contributed by atoms with Crippen LogP contribution in [0.1, 0.15) is 15.9 Å². The van der Waals surface area contributed by atoms with Gasteiger partial charge < -0.3 is 15.4 Å². The van der Waals surface area contributed by atoms with Gasteiger partial charge in [-0.3, -0.25) is 9.59 Å². The van der Waals surface area contributed by atoms with Gasteiger partial charge in [0.25, 0.3) is 5.91 Å². The maximum Gasteiger partial charge on any atom is 0.255 e. The summed E-state index contributed by atoms with van der Waals surface area (Å²) in [6.07, 6.45) is 0. The number of ether oxygens (including phenoxy) is 1. The van der Waals surface area contributed by atoms with E-state index in [1.165, 1.54) is 4.90 Å². The Morgan fingerprint density at radius 3 is 2.84 bits per heavy atom. The van der Waals surface area contributed by atoms with Crippen LogP contribution in [0.3, 0.4) is 0 Å². The Bertz CT molecular complexity index is 519. The van der Waals surface area contributed by atoms with Crippen LogP contribution in [-0.4, -0.2) is 42.5 Å². The Morgan fingerprint density at radius 1 is 1.47 bits per heavy atom. The zero-order chi connectivity index (χ0) is 14.0. The van der Waals surface area contributed by atoms with Crippen molar-refractivity contribution in [3.8, 4) is 0 Å². The number of halogens is 1. The van der Waals surface area contributed by atoms with Gasteiger partial charge in [-0.2, -0.15) is 0 Å². The molecule has 2 amide bonds. The number of hydrogen-bond donors (Lipinski definition) is 1. The minimum atomic E-state index is -0.700. The van der Waals surface area contributed by atoms with Gasteiger partial charge in [0.05, 0.1) is 18.8 Å². The molecule has 6 heteroatoms. The van der Waals surface area contributed by atoms with E-state index in [0.29, 0.717) is 23.2 Å². The van der Waals surface area contributed by atoms with Crippen molar-refractivity contribution in [1.82, 2.24) is 4.90 Å². The average molecular weight is 327 g/mol. The van der Waals surface area contributed by atoms with Crippen LogP contribution in [0.5, 0.6) is 0 Å². The molecule has 0 aromatic heterocycles. The molecule has 1 aliphatic rings. The summed E-state index contributed by atoms with van der Waals surface area (Å²) in [5, 5.41) is 0. The van der Waals surface area contributed by atoms with Gasteiger partial charge in [-0.05, 0) is 40.5 Å². The van der Waals surface area contributed by atoms with Crippen molar-refractivity contribution < 1.29 is 14.3 Å². The molecule has 1 unspecified atom stereocenters. The number of morpholine rings is 1. The summed E-state index contributed by atoms with van der Waals surface area (Å²) in [4.78, 5) is 25.3. The van der Waals surface area contributed by atoms with Gasteiger partial charge in [-0.15, -0.1) is 0 Å². The molecule has 1 aromatic carbocycles. The van der Waals surface area contributed by atoms with E-state index in [1.807, 2.05) is 19.1 Å². The Hall–Kier alpha value is -1.40. The molecule has 5 nitrogen and oxygen atoms in total. The number of nitrogens with two attached hydrogens (primary N) is 1. The molecule has 1 aliphatic heterocycles. The molecule has 1 atom stereocenters. The highest BCUT2D eigenvalue weighted by atomic mass is 79.9. The van der Waals surface area contributed by atoms with Crippen LogP contribution < -0.4 is 5.73 Å². The lowest BCUT2D eigenvalue weighted by atomic mass is 10.1. The van der Waals surface area contributed by atoms with E-state index in [2.05, 4.69) is 15.9 Å². The summed E-state index contributed by atoms with van der Waals surface area (Å²) in [5.41, 5.74) is 6.89. The van der Waals surface area contributed by atoms with Crippen LogP contribution in [0.2, 0.25) is 0 Å². The monoisotopic (exact) mass is 326 g/mol. The number of amides is 2. The van der Waals surface area contributed by atoms with Gasteiger partial charge in [-0.1, -0.05) is 6.07 Å². The maximum absolute atomic E-state index is 12.5. The fourth-order valence-electron chi connectivity index (χ4n) is 2.03. The first-order chi connectivity index (χ1) is 9.00. The number of rotatable bonds is 2. The summed E-state index contributed by atoms with van der Waals surface area (Å²) in [5.74, 6) is -0.754. The molecule has 1 fully saturated rings. The zero-order valence-corrected chi connectivity index (χ0v) is 12.1. The van der Waals surface area contributed by atoms with E-state index >= 15 is 0 Å². The SMILES string of the molecule is Cc1ccc(C(=O)N2CCOCC2C(N)=O)c(Br)c1. The highest BCUT2D eigenvalue weighted by molar-refractivity contribution is 9.10. The summed E-state index contributed by atoms with van der Waals surface area (Å²) in [6.45, 7) is 2.89. The average Bonchev–Trinajstić information content (AvgIpc) is 2.38. The van der Waals surface area contributed by atoms with Crippen molar-refractivity contribution in [3.63, 3.8) is 0 Å². The molecule has 1 aromatic rings. The summed E-state index contributed by atoms with van der Waals surface area (Å²) >= 11 is 3.38. The van der Waals surface area contributed by atoms with Gasteiger partial charge >= 0.3 is 0 Å². The third-order valence-electron chi connectivity index (χ3n) is 3.07. The zero-order valence-electron chi connectivity index (χ0n) is 10.6. The molecule has 0 saturated carbocycles. The largest absolute Gasteiger partial charge is 0.377 e. The first-order valence-corrected chi connectivity index (χ1v) is 6.74. The van der Waals surface area contributed by atoms with Crippen LogP contribution in [0, 0.1) is 6.92 Å². The summed E-state index contributed by atoms with van der Waals surface area (Å²) < 4.78 is 5.92. The fraction of sp³-hybridized carbons (Fsp3) is 0.385. The smallest absolute Gasteiger partial charge is 0.255 e. The molecule has 0 spiro atoms. The molecule has 1 heterocycles. The number of primary amides is 1. The molecule has 102 valence electrons. The van der Waals surface area contributed by atoms with E-state index in [-0.39, 0.29) is 12.5 Å². The molecule has 0 radical (unpaired) electrons. The van der Waals surface area contributed by atoms with E-state index in [1.54, 1.807) is 6.07 Å². The molecular weight excluding hydrogens is 312 g/mol. The van der Waals surface area contributed by atoms with E-state index in [0.717, 1.165) is 5.56 Å². The second-order valence-electron chi connectivity index (χ2n) is 4.47. The number of carbonyl (C=O) groups excluding carboxylic acids is 2. The summed E-state index contributed by atoms with van der Waals surface area (Å²) in [7, 11) is 0. The van der Waals surface area contributed by atoms with Crippen LogP contribution in [0.4, 0.5) is 0 Å². The number of hydrogen-bond acceptors (Lipinski definition) is 3. The number of nitrogens with zero attached hydrogens (tertiary/aromatic N) is 1. The van der Waals surface area contributed by atoms with Crippen molar-refractivity contribution >= 4 is 27.7 Å². The van der Waals surface area contributed by atoms with Crippen molar-refractivity contribution in [3.05, 3.63) is 33.8 Å². The molecule has 2 rings (SSSR count). The van der Waals surface area contributed by atoms with Gasteiger partial charge in [0, 0.05) is 11.0 Å².